The maximum atomic E-state index is 12.3. The molecule has 0 bridgehead atoms. The first kappa shape index (κ1) is 21.5. The van der Waals surface area contributed by atoms with Gasteiger partial charge in [-0.05, 0) is 48.5 Å². The molecule has 10 heteroatoms. The fourth-order valence-corrected chi connectivity index (χ4v) is 3.62. The number of nitrogens with one attached hydrogen (secondary N) is 2. The van der Waals surface area contributed by atoms with Crippen LogP contribution < -0.4 is 31.1 Å². The van der Waals surface area contributed by atoms with Gasteiger partial charge in [0, 0.05) is 42.5 Å². The van der Waals surface area contributed by atoms with Crippen LogP contribution >= 0.6 is 11.6 Å². The highest BCUT2D eigenvalue weighted by molar-refractivity contribution is 6.30. The van der Waals surface area contributed by atoms with Crippen LogP contribution in [-0.4, -0.2) is 49.2 Å². The lowest BCUT2D eigenvalue weighted by molar-refractivity contribution is 0.0962. The molecule has 0 unspecified atom stereocenters. The van der Waals surface area contributed by atoms with Gasteiger partial charge in [0.05, 0.1) is 7.11 Å². The second-order valence-corrected chi connectivity index (χ2v) is 7.65. The Kier molecular flexibility index (Phi) is 6.46. The number of hydrogen-bond acceptors (Lipinski definition) is 8. The van der Waals surface area contributed by atoms with Gasteiger partial charge in [-0.15, -0.1) is 0 Å². The largest absolute Gasteiger partial charge is 0.497 e. The highest BCUT2D eigenvalue weighted by atomic mass is 35.5. The van der Waals surface area contributed by atoms with Crippen molar-refractivity contribution in [1.82, 2.24) is 15.4 Å². The molecule has 0 spiro atoms. The summed E-state index contributed by atoms with van der Waals surface area (Å²) in [4.78, 5) is 25.3. The lowest BCUT2D eigenvalue weighted by atomic mass is 10.2. The molecule has 0 radical (unpaired) electrons. The molecule has 9 nitrogen and oxygen atoms in total. The van der Waals surface area contributed by atoms with Gasteiger partial charge in [-0.2, -0.15) is 0 Å². The van der Waals surface area contributed by atoms with Crippen molar-refractivity contribution in [3.8, 4) is 5.75 Å². The Morgan fingerprint density at radius 2 is 1.66 bits per heavy atom. The number of nitrogens with two attached hydrogens (primary N) is 1. The van der Waals surface area contributed by atoms with Crippen LogP contribution in [0, 0.1) is 0 Å². The van der Waals surface area contributed by atoms with Crippen molar-refractivity contribution in [2.45, 2.75) is 0 Å². The second kappa shape index (κ2) is 9.61. The highest BCUT2D eigenvalue weighted by Crippen LogP contribution is 2.28. The summed E-state index contributed by atoms with van der Waals surface area (Å²) in [6, 6.07) is 14.6. The minimum absolute atomic E-state index is 0.325. The van der Waals surface area contributed by atoms with E-state index in [-0.39, 0.29) is 5.91 Å². The van der Waals surface area contributed by atoms with Gasteiger partial charge in [-0.25, -0.2) is 9.97 Å². The number of anilines is 4. The molecule has 1 aromatic heterocycles. The Balaban J connectivity index is 1.38. The number of nitrogen functional groups attached to an aromatic ring is 1. The molecule has 1 saturated heterocycles. The fourth-order valence-electron chi connectivity index (χ4n) is 3.50. The number of hydrogen-bond donors (Lipinski definition) is 3. The first-order valence-electron chi connectivity index (χ1n) is 10.1. The lowest BCUT2D eigenvalue weighted by Gasteiger charge is -2.37. The Labute approximate surface area is 191 Å². The van der Waals surface area contributed by atoms with E-state index in [4.69, 9.17) is 22.1 Å². The first-order chi connectivity index (χ1) is 15.5. The van der Waals surface area contributed by atoms with Crippen LogP contribution in [0.25, 0.3) is 0 Å². The highest BCUT2D eigenvalue weighted by Gasteiger charge is 2.22. The van der Waals surface area contributed by atoms with Gasteiger partial charge in [-0.1, -0.05) is 11.6 Å². The molecule has 166 valence electrons. The number of methoxy groups -OCH3 is 1. The van der Waals surface area contributed by atoms with Gasteiger partial charge in [0.25, 0.3) is 5.91 Å². The van der Waals surface area contributed by atoms with Gasteiger partial charge >= 0.3 is 0 Å². The summed E-state index contributed by atoms with van der Waals surface area (Å²) in [5.74, 6) is 1.49. The zero-order chi connectivity index (χ0) is 22.5. The Bertz CT molecular complexity index is 1070. The lowest BCUT2D eigenvalue weighted by Crippen LogP contribution is -2.47. The average molecular weight is 454 g/mol. The Hall–Kier alpha value is -3.72. The molecule has 4 N–H and O–H groups in total. The molecular formula is C22H24ClN7O2. The number of aromatic nitrogens is 2. The molecule has 0 atom stereocenters. The molecule has 1 fully saturated rings. The van der Waals surface area contributed by atoms with Crippen LogP contribution in [-0.2, 0) is 0 Å². The molecule has 4 rings (SSSR count). The zero-order valence-electron chi connectivity index (χ0n) is 17.6. The molecule has 1 aliphatic heterocycles. The smallest absolute Gasteiger partial charge is 0.269 e. The number of amides is 1. The average Bonchev–Trinajstić information content (AvgIpc) is 2.84. The summed E-state index contributed by atoms with van der Waals surface area (Å²) < 4.78 is 5.23. The third kappa shape index (κ3) is 4.78. The topological polar surface area (TPSA) is 109 Å². The van der Waals surface area contributed by atoms with Crippen molar-refractivity contribution in [2.75, 3.05) is 54.2 Å². The number of carbonyl (C=O) groups is 1. The zero-order valence-corrected chi connectivity index (χ0v) is 18.3. The normalized spacial score (nSPS) is 13.6. The van der Waals surface area contributed by atoms with Gasteiger partial charge in [0.2, 0.25) is 0 Å². The summed E-state index contributed by atoms with van der Waals surface area (Å²) >= 11 is 5.86. The molecule has 0 saturated carbocycles. The van der Waals surface area contributed by atoms with E-state index in [1.165, 1.54) is 6.33 Å². The maximum absolute atomic E-state index is 12.3. The number of halogens is 1. The van der Waals surface area contributed by atoms with E-state index in [1.54, 1.807) is 31.4 Å². The second-order valence-electron chi connectivity index (χ2n) is 7.22. The number of nitrogens with zero attached hydrogens (tertiary/aromatic N) is 4. The maximum Gasteiger partial charge on any atom is 0.269 e. The number of hydrazine groups is 1. The number of rotatable bonds is 6. The molecule has 32 heavy (non-hydrogen) atoms. The summed E-state index contributed by atoms with van der Waals surface area (Å²) in [6.07, 6.45) is 1.43. The van der Waals surface area contributed by atoms with Crippen molar-refractivity contribution in [1.29, 1.82) is 0 Å². The van der Waals surface area contributed by atoms with Crippen LogP contribution in [0.5, 0.6) is 5.75 Å². The Morgan fingerprint density at radius 1 is 1.00 bits per heavy atom. The standard InChI is InChI=1S/C22H24ClN7O2/c1-32-18-8-6-17(7-9-18)29-10-12-30(13-11-29)21-19(24)20(25-14-26-21)27-28-22(31)15-2-4-16(23)5-3-15/h2-9,14H,10-13,24H2,1H3,(H,28,31)(H,25,26,27). The molecule has 2 heterocycles. The molecule has 0 aliphatic carbocycles. The van der Waals surface area contributed by atoms with Crippen LogP contribution in [0.2, 0.25) is 5.02 Å². The van der Waals surface area contributed by atoms with E-state index in [1.807, 2.05) is 12.1 Å². The van der Waals surface area contributed by atoms with E-state index < -0.39 is 0 Å². The van der Waals surface area contributed by atoms with Crippen molar-refractivity contribution < 1.29 is 9.53 Å². The summed E-state index contributed by atoms with van der Waals surface area (Å²) in [5, 5.41) is 0.561. The van der Waals surface area contributed by atoms with E-state index in [9.17, 15) is 4.79 Å². The fraction of sp³-hybridized carbons (Fsp3) is 0.227. The molecule has 1 aliphatic rings. The first-order valence-corrected chi connectivity index (χ1v) is 10.5. The number of benzene rings is 2. The van der Waals surface area contributed by atoms with Crippen LogP contribution in [0.4, 0.5) is 23.0 Å². The van der Waals surface area contributed by atoms with Gasteiger partial charge in [0.15, 0.2) is 11.6 Å². The van der Waals surface area contributed by atoms with Crippen molar-refractivity contribution in [2.24, 2.45) is 0 Å². The minimum atomic E-state index is -0.325. The SMILES string of the molecule is COc1ccc(N2CCN(c3ncnc(NNC(=O)c4ccc(Cl)cc4)c3N)CC2)cc1. The molecule has 3 aromatic rings. The van der Waals surface area contributed by atoms with Gasteiger partial charge < -0.3 is 20.3 Å². The van der Waals surface area contributed by atoms with Crippen molar-refractivity contribution in [3.05, 3.63) is 65.4 Å². The monoisotopic (exact) mass is 453 g/mol. The summed E-state index contributed by atoms with van der Waals surface area (Å²) in [7, 11) is 1.66. The third-order valence-electron chi connectivity index (χ3n) is 5.28. The minimum Gasteiger partial charge on any atom is -0.497 e. The number of carbonyl (C=O) groups excluding carboxylic acids is 1. The van der Waals surface area contributed by atoms with Gasteiger partial charge in [-0.3, -0.25) is 15.6 Å². The van der Waals surface area contributed by atoms with E-state index in [0.29, 0.717) is 27.9 Å². The van der Waals surface area contributed by atoms with Crippen molar-refractivity contribution in [3.63, 3.8) is 0 Å². The molecule has 2 aromatic carbocycles. The van der Waals surface area contributed by atoms with E-state index >= 15 is 0 Å². The quantitative estimate of drug-likeness (QED) is 0.489. The van der Waals surface area contributed by atoms with E-state index in [2.05, 4.69) is 42.8 Å². The third-order valence-corrected chi connectivity index (χ3v) is 5.53. The van der Waals surface area contributed by atoms with Crippen LogP contribution in [0.15, 0.2) is 54.9 Å². The number of piperazine rings is 1. The van der Waals surface area contributed by atoms with E-state index in [0.717, 1.165) is 37.6 Å². The summed E-state index contributed by atoms with van der Waals surface area (Å²) in [5.41, 5.74) is 13.7. The Morgan fingerprint density at radius 3 is 2.31 bits per heavy atom. The summed E-state index contributed by atoms with van der Waals surface area (Å²) in [6.45, 7) is 3.16. The van der Waals surface area contributed by atoms with Crippen LogP contribution in [0.1, 0.15) is 10.4 Å². The number of ether oxygens (including phenoxy) is 1. The van der Waals surface area contributed by atoms with Gasteiger partial charge in [0.1, 0.15) is 17.8 Å². The predicted molar refractivity (Wildman–Crippen MR) is 126 cm³/mol. The van der Waals surface area contributed by atoms with Crippen molar-refractivity contribution >= 4 is 40.5 Å². The molecule has 1 amide bonds. The molecular weight excluding hydrogens is 430 g/mol. The van der Waals surface area contributed by atoms with Crippen LogP contribution in [0.3, 0.4) is 0 Å². The predicted octanol–water partition coefficient (Wildman–Crippen LogP) is 2.80.